The zero-order valence-corrected chi connectivity index (χ0v) is 8.96. The van der Waals surface area contributed by atoms with E-state index in [0.29, 0.717) is 11.8 Å². The molecule has 0 saturated carbocycles. The summed E-state index contributed by atoms with van der Waals surface area (Å²) in [6.07, 6.45) is 1.02. The van der Waals surface area contributed by atoms with Gasteiger partial charge in [-0.15, -0.1) is 0 Å². The largest absolute Gasteiger partial charge is 0.508 e. The number of hydrogen-bond acceptors (Lipinski definition) is 2. The Balaban J connectivity index is 2.45. The van der Waals surface area contributed by atoms with Crippen LogP contribution in [0.4, 0.5) is 0 Å². The van der Waals surface area contributed by atoms with Crippen LogP contribution in [-0.2, 0) is 6.42 Å². The second-order valence-corrected chi connectivity index (χ2v) is 4.81. The quantitative estimate of drug-likeness (QED) is 0.660. The lowest BCUT2D eigenvalue weighted by Crippen LogP contribution is -2.46. The predicted octanol–water partition coefficient (Wildman–Crippen LogP) is 2.38. The van der Waals surface area contributed by atoms with Gasteiger partial charge < -0.3 is 10.4 Å². The molecule has 0 saturated heterocycles. The van der Waals surface area contributed by atoms with Crippen LogP contribution in [0.25, 0.3) is 0 Å². The maximum absolute atomic E-state index is 9.41. The van der Waals surface area contributed by atoms with E-state index in [1.165, 1.54) is 11.1 Å². The molecule has 1 aliphatic rings. The maximum atomic E-state index is 9.41. The van der Waals surface area contributed by atoms with Gasteiger partial charge in [-0.25, -0.2) is 0 Å². The van der Waals surface area contributed by atoms with Gasteiger partial charge in [0.2, 0.25) is 0 Å². The van der Waals surface area contributed by atoms with Gasteiger partial charge in [0.15, 0.2) is 0 Å². The topological polar surface area (TPSA) is 32.3 Å². The second-order valence-electron chi connectivity index (χ2n) is 4.81. The Kier molecular flexibility index (Phi) is 2.04. The first-order valence-corrected chi connectivity index (χ1v) is 5.07. The molecule has 1 atom stereocenters. The Morgan fingerprint density at radius 1 is 1.43 bits per heavy atom. The van der Waals surface area contributed by atoms with E-state index in [1.807, 2.05) is 12.1 Å². The number of aromatic hydroxyl groups is 1. The fourth-order valence-corrected chi connectivity index (χ4v) is 2.34. The zero-order valence-electron chi connectivity index (χ0n) is 8.96. The summed E-state index contributed by atoms with van der Waals surface area (Å²) in [6, 6.07) is 5.99. The average Bonchev–Trinajstić information content (AvgIpc) is 2.05. The third-order valence-electron chi connectivity index (χ3n) is 2.84. The highest BCUT2D eigenvalue weighted by atomic mass is 16.3. The minimum absolute atomic E-state index is 0.156. The molecule has 0 aromatic heterocycles. The van der Waals surface area contributed by atoms with Crippen molar-refractivity contribution in [3.05, 3.63) is 29.3 Å². The Morgan fingerprint density at radius 2 is 2.14 bits per heavy atom. The summed E-state index contributed by atoms with van der Waals surface area (Å²) in [5.74, 6) is 0.358. The Morgan fingerprint density at radius 3 is 2.86 bits per heavy atom. The van der Waals surface area contributed by atoms with E-state index in [9.17, 15) is 5.11 Å². The van der Waals surface area contributed by atoms with Crippen molar-refractivity contribution in [2.24, 2.45) is 0 Å². The monoisotopic (exact) mass is 191 g/mol. The van der Waals surface area contributed by atoms with Gasteiger partial charge >= 0.3 is 0 Å². The highest BCUT2D eigenvalue weighted by Crippen LogP contribution is 2.31. The van der Waals surface area contributed by atoms with Crippen molar-refractivity contribution >= 4 is 0 Å². The smallest absolute Gasteiger partial charge is 0.115 e. The minimum Gasteiger partial charge on any atom is -0.508 e. The third-order valence-corrected chi connectivity index (χ3v) is 2.84. The zero-order chi connectivity index (χ0) is 10.3. The number of nitrogens with one attached hydrogen (secondary N) is 1. The fraction of sp³-hybridized carbons (Fsp3) is 0.500. The number of phenols is 1. The number of fused-ring (bicyclic) bond motifs is 1. The van der Waals surface area contributed by atoms with Crippen LogP contribution < -0.4 is 5.32 Å². The van der Waals surface area contributed by atoms with Crippen LogP contribution >= 0.6 is 0 Å². The first-order valence-electron chi connectivity index (χ1n) is 5.07. The lowest BCUT2D eigenvalue weighted by atomic mass is 9.84. The van der Waals surface area contributed by atoms with Gasteiger partial charge in [0.25, 0.3) is 0 Å². The summed E-state index contributed by atoms with van der Waals surface area (Å²) >= 11 is 0. The molecule has 76 valence electrons. The van der Waals surface area contributed by atoms with Crippen LogP contribution in [0.1, 0.15) is 37.9 Å². The standard InChI is InChI=1S/C12H17NO/c1-8-11-6-10(14)5-4-9(11)7-12(2,3)13-8/h4-6,8,13-14H,7H2,1-3H3. The molecule has 2 N–H and O–H groups in total. The molecule has 0 radical (unpaired) electrons. The van der Waals surface area contributed by atoms with Crippen molar-refractivity contribution in [2.45, 2.75) is 38.8 Å². The van der Waals surface area contributed by atoms with Crippen molar-refractivity contribution in [2.75, 3.05) is 0 Å². The van der Waals surface area contributed by atoms with Gasteiger partial charge in [-0.3, -0.25) is 0 Å². The van der Waals surface area contributed by atoms with Crippen LogP contribution in [0, 0.1) is 0 Å². The van der Waals surface area contributed by atoms with Crippen molar-refractivity contribution in [3.8, 4) is 5.75 Å². The van der Waals surface area contributed by atoms with Crippen molar-refractivity contribution in [3.63, 3.8) is 0 Å². The number of hydrogen-bond donors (Lipinski definition) is 2. The SMILES string of the molecule is CC1NC(C)(C)Cc2ccc(O)cc21. The van der Waals surface area contributed by atoms with E-state index in [-0.39, 0.29) is 5.54 Å². The molecule has 1 unspecified atom stereocenters. The molecule has 0 bridgehead atoms. The van der Waals surface area contributed by atoms with E-state index in [0.717, 1.165) is 6.42 Å². The molecule has 1 aliphatic heterocycles. The highest BCUT2D eigenvalue weighted by Gasteiger charge is 2.28. The lowest BCUT2D eigenvalue weighted by molar-refractivity contribution is 0.320. The minimum atomic E-state index is 0.156. The number of phenolic OH excluding ortho intramolecular Hbond substituents is 1. The maximum Gasteiger partial charge on any atom is 0.115 e. The molecule has 2 heteroatoms. The van der Waals surface area contributed by atoms with Gasteiger partial charge in [-0.05, 0) is 50.5 Å². The molecule has 1 aromatic carbocycles. The summed E-state index contributed by atoms with van der Waals surface area (Å²) in [7, 11) is 0. The Hall–Kier alpha value is -1.02. The van der Waals surface area contributed by atoms with E-state index in [2.05, 4.69) is 26.1 Å². The van der Waals surface area contributed by atoms with Gasteiger partial charge in [-0.2, -0.15) is 0 Å². The van der Waals surface area contributed by atoms with Crippen molar-refractivity contribution < 1.29 is 5.11 Å². The molecule has 1 aromatic rings. The van der Waals surface area contributed by atoms with Crippen LogP contribution in [-0.4, -0.2) is 10.6 Å². The van der Waals surface area contributed by atoms with E-state index < -0.39 is 0 Å². The Bertz CT molecular complexity index is 357. The Labute approximate surface area is 85.0 Å². The van der Waals surface area contributed by atoms with Crippen LogP contribution in [0.5, 0.6) is 5.75 Å². The van der Waals surface area contributed by atoms with Gasteiger partial charge in [0, 0.05) is 11.6 Å². The van der Waals surface area contributed by atoms with E-state index in [1.54, 1.807) is 6.07 Å². The van der Waals surface area contributed by atoms with E-state index >= 15 is 0 Å². The highest BCUT2D eigenvalue weighted by molar-refractivity contribution is 5.39. The van der Waals surface area contributed by atoms with Crippen molar-refractivity contribution in [1.82, 2.24) is 5.32 Å². The molecule has 0 fully saturated rings. The van der Waals surface area contributed by atoms with Gasteiger partial charge in [-0.1, -0.05) is 6.07 Å². The first kappa shape index (κ1) is 9.53. The molecule has 2 rings (SSSR count). The molecular formula is C12H17NO. The van der Waals surface area contributed by atoms with Gasteiger partial charge in [0.1, 0.15) is 5.75 Å². The van der Waals surface area contributed by atoms with Crippen LogP contribution in [0.2, 0.25) is 0 Å². The number of benzene rings is 1. The lowest BCUT2D eigenvalue weighted by Gasteiger charge is -2.37. The summed E-state index contributed by atoms with van der Waals surface area (Å²) in [6.45, 7) is 6.55. The predicted molar refractivity (Wildman–Crippen MR) is 57.4 cm³/mol. The van der Waals surface area contributed by atoms with Crippen LogP contribution in [0.15, 0.2) is 18.2 Å². The molecule has 0 amide bonds. The molecule has 0 aliphatic carbocycles. The second kappa shape index (κ2) is 2.99. The molecule has 2 nitrogen and oxygen atoms in total. The fourth-order valence-electron chi connectivity index (χ4n) is 2.34. The summed E-state index contributed by atoms with van der Waals surface area (Å²) in [4.78, 5) is 0. The molecule has 14 heavy (non-hydrogen) atoms. The summed E-state index contributed by atoms with van der Waals surface area (Å²) in [5.41, 5.74) is 2.73. The molecule has 1 heterocycles. The molecule has 0 spiro atoms. The average molecular weight is 191 g/mol. The summed E-state index contributed by atoms with van der Waals surface area (Å²) < 4.78 is 0. The number of rotatable bonds is 0. The van der Waals surface area contributed by atoms with Crippen LogP contribution in [0.3, 0.4) is 0 Å². The normalized spacial score (nSPS) is 24.4. The summed E-state index contributed by atoms with van der Waals surface area (Å²) in [5, 5.41) is 12.9. The van der Waals surface area contributed by atoms with E-state index in [4.69, 9.17) is 0 Å². The van der Waals surface area contributed by atoms with Crippen molar-refractivity contribution in [1.29, 1.82) is 0 Å². The third kappa shape index (κ3) is 1.62. The molecular weight excluding hydrogens is 174 g/mol. The van der Waals surface area contributed by atoms with Gasteiger partial charge in [0.05, 0.1) is 0 Å². The first-order chi connectivity index (χ1) is 6.48.